The van der Waals surface area contributed by atoms with Gasteiger partial charge in [0.1, 0.15) is 5.75 Å². The van der Waals surface area contributed by atoms with Crippen LogP contribution in [0.1, 0.15) is 10.4 Å². The third kappa shape index (κ3) is 1.79. The number of nitro groups is 1. The molecule has 0 atom stereocenters. The van der Waals surface area contributed by atoms with Crippen LogP contribution in [0.2, 0.25) is 0 Å². The maximum absolute atomic E-state index is 10.9. The minimum absolute atomic E-state index is 0.00157. The molecule has 1 aromatic rings. The van der Waals surface area contributed by atoms with Gasteiger partial charge in [-0.15, -0.1) is 0 Å². The molecule has 0 aliphatic heterocycles. The van der Waals surface area contributed by atoms with Crippen LogP contribution in [0.15, 0.2) is 18.2 Å². The smallest absolute Gasteiger partial charge is 0.270 e. The molecule has 0 aliphatic rings. The molecule has 0 bridgehead atoms. The largest absolute Gasteiger partial charge is 0.496 e. The standard InChI is InChI=1S/C8H8N2O4/c1-14-7-3-2-5(10(12)13)4-6(7)8(9)11/h2-4H,1H3,(H2,9,11). The zero-order valence-corrected chi connectivity index (χ0v) is 7.39. The number of primary amides is 1. The first-order chi connectivity index (χ1) is 6.56. The lowest BCUT2D eigenvalue weighted by Crippen LogP contribution is -2.12. The molecule has 0 unspecified atom stereocenters. The summed E-state index contributed by atoms with van der Waals surface area (Å²) in [4.78, 5) is 20.7. The second-order valence-corrected chi connectivity index (χ2v) is 2.51. The molecule has 0 spiro atoms. The molecule has 2 N–H and O–H groups in total. The van der Waals surface area contributed by atoms with E-state index in [1.165, 1.54) is 19.2 Å². The molecule has 0 radical (unpaired) electrons. The van der Waals surface area contributed by atoms with E-state index in [1.807, 2.05) is 0 Å². The Balaban J connectivity index is 3.27. The molecule has 1 aromatic carbocycles. The number of nitrogens with zero attached hydrogens (tertiary/aromatic N) is 1. The van der Waals surface area contributed by atoms with Crippen LogP contribution in [-0.2, 0) is 0 Å². The highest BCUT2D eigenvalue weighted by atomic mass is 16.6. The highest BCUT2D eigenvalue weighted by Crippen LogP contribution is 2.23. The van der Waals surface area contributed by atoms with Gasteiger partial charge in [0.2, 0.25) is 0 Å². The van der Waals surface area contributed by atoms with E-state index in [2.05, 4.69) is 0 Å². The highest BCUT2D eigenvalue weighted by Gasteiger charge is 2.14. The summed E-state index contributed by atoms with van der Waals surface area (Å²) in [6.45, 7) is 0. The Morgan fingerprint density at radius 1 is 1.57 bits per heavy atom. The first kappa shape index (κ1) is 9.97. The third-order valence-corrected chi connectivity index (χ3v) is 1.66. The SMILES string of the molecule is COc1ccc([N+](=O)[O-])cc1C(N)=O. The molecule has 14 heavy (non-hydrogen) atoms. The number of hydrogen-bond acceptors (Lipinski definition) is 4. The van der Waals surface area contributed by atoms with Gasteiger partial charge < -0.3 is 10.5 Å². The summed E-state index contributed by atoms with van der Waals surface area (Å²) >= 11 is 0. The van der Waals surface area contributed by atoms with Crippen molar-refractivity contribution < 1.29 is 14.5 Å². The number of methoxy groups -OCH3 is 1. The summed E-state index contributed by atoms with van der Waals surface area (Å²) in [7, 11) is 1.35. The van der Waals surface area contributed by atoms with Crippen LogP contribution in [0.3, 0.4) is 0 Å². The molecule has 6 nitrogen and oxygen atoms in total. The van der Waals surface area contributed by atoms with Crippen LogP contribution in [0.4, 0.5) is 5.69 Å². The Hall–Kier alpha value is -2.11. The number of ether oxygens (including phenoxy) is 1. The van der Waals surface area contributed by atoms with E-state index in [0.29, 0.717) is 0 Å². The quantitative estimate of drug-likeness (QED) is 0.568. The second kappa shape index (κ2) is 3.73. The van der Waals surface area contributed by atoms with E-state index in [-0.39, 0.29) is 17.0 Å². The summed E-state index contributed by atoms with van der Waals surface area (Å²) in [5, 5.41) is 10.4. The third-order valence-electron chi connectivity index (χ3n) is 1.66. The highest BCUT2D eigenvalue weighted by molar-refractivity contribution is 5.96. The molecule has 1 rings (SSSR count). The zero-order chi connectivity index (χ0) is 10.7. The van der Waals surface area contributed by atoms with E-state index in [4.69, 9.17) is 10.5 Å². The Bertz CT molecular complexity index is 389. The molecule has 0 saturated carbocycles. The van der Waals surface area contributed by atoms with Gasteiger partial charge in [0.05, 0.1) is 17.6 Å². The number of benzene rings is 1. The van der Waals surface area contributed by atoms with Crippen molar-refractivity contribution in [3.63, 3.8) is 0 Å². The maximum atomic E-state index is 10.9. The van der Waals surface area contributed by atoms with Crippen molar-refractivity contribution in [2.75, 3.05) is 7.11 Å². The van der Waals surface area contributed by atoms with Crippen LogP contribution in [0.25, 0.3) is 0 Å². The Kier molecular flexibility index (Phi) is 2.66. The van der Waals surface area contributed by atoms with Gasteiger partial charge in [-0.25, -0.2) is 0 Å². The number of amides is 1. The first-order valence-corrected chi connectivity index (χ1v) is 3.68. The summed E-state index contributed by atoms with van der Waals surface area (Å²) in [6.07, 6.45) is 0. The molecule has 74 valence electrons. The van der Waals surface area contributed by atoms with Gasteiger partial charge in [-0.2, -0.15) is 0 Å². The summed E-state index contributed by atoms with van der Waals surface area (Å²) in [5.41, 5.74) is 4.82. The maximum Gasteiger partial charge on any atom is 0.270 e. The Morgan fingerprint density at radius 2 is 2.21 bits per heavy atom. The lowest BCUT2D eigenvalue weighted by atomic mass is 10.1. The summed E-state index contributed by atoms with van der Waals surface area (Å²) in [5.74, 6) is -0.534. The predicted molar refractivity (Wildman–Crippen MR) is 48.2 cm³/mol. The van der Waals surface area contributed by atoms with E-state index in [1.54, 1.807) is 0 Å². The van der Waals surface area contributed by atoms with E-state index >= 15 is 0 Å². The van der Waals surface area contributed by atoms with Gasteiger partial charge in [-0.05, 0) is 6.07 Å². The van der Waals surface area contributed by atoms with Gasteiger partial charge in [-0.3, -0.25) is 14.9 Å². The Morgan fingerprint density at radius 3 is 2.64 bits per heavy atom. The van der Waals surface area contributed by atoms with Gasteiger partial charge >= 0.3 is 0 Å². The number of rotatable bonds is 3. The minimum atomic E-state index is -0.759. The van der Waals surface area contributed by atoms with Crippen molar-refractivity contribution in [2.24, 2.45) is 5.73 Å². The molecule has 0 heterocycles. The van der Waals surface area contributed by atoms with Crippen LogP contribution in [-0.4, -0.2) is 17.9 Å². The topological polar surface area (TPSA) is 95.5 Å². The van der Waals surface area contributed by atoms with Crippen LogP contribution >= 0.6 is 0 Å². The van der Waals surface area contributed by atoms with Crippen molar-refractivity contribution in [3.05, 3.63) is 33.9 Å². The molecule has 0 saturated heterocycles. The molecular formula is C8H8N2O4. The van der Waals surface area contributed by atoms with Gasteiger partial charge in [0, 0.05) is 12.1 Å². The fourth-order valence-electron chi connectivity index (χ4n) is 1.00. The predicted octanol–water partition coefficient (Wildman–Crippen LogP) is 0.702. The fourth-order valence-corrected chi connectivity index (χ4v) is 1.00. The molecule has 0 aromatic heterocycles. The van der Waals surface area contributed by atoms with Crippen molar-refractivity contribution in [1.29, 1.82) is 0 Å². The molecule has 0 fully saturated rings. The number of nitro benzene ring substituents is 1. The van der Waals surface area contributed by atoms with Crippen molar-refractivity contribution in [3.8, 4) is 5.75 Å². The first-order valence-electron chi connectivity index (χ1n) is 3.68. The monoisotopic (exact) mass is 196 g/mol. The van der Waals surface area contributed by atoms with E-state index in [9.17, 15) is 14.9 Å². The molecular weight excluding hydrogens is 188 g/mol. The van der Waals surface area contributed by atoms with Gasteiger partial charge in [0.15, 0.2) is 0 Å². The summed E-state index contributed by atoms with van der Waals surface area (Å²) in [6, 6.07) is 3.66. The lowest BCUT2D eigenvalue weighted by molar-refractivity contribution is -0.384. The summed E-state index contributed by atoms with van der Waals surface area (Å²) < 4.78 is 4.82. The number of carbonyl (C=O) groups excluding carboxylic acids is 1. The van der Waals surface area contributed by atoms with Crippen molar-refractivity contribution >= 4 is 11.6 Å². The normalized spacial score (nSPS) is 9.50. The Labute approximate surface area is 79.4 Å². The second-order valence-electron chi connectivity index (χ2n) is 2.51. The molecule has 6 heteroatoms. The lowest BCUT2D eigenvalue weighted by Gasteiger charge is -2.03. The van der Waals surface area contributed by atoms with Crippen LogP contribution < -0.4 is 10.5 Å². The van der Waals surface area contributed by atoms with E-state index in [0.717, 1.165) is 6.07 Å². The number of carbonyl (C=O) groups is 1. The van der Waals surface area contributed by atoms with Crippen molar-refractivity contribution in [2.45, 2.75) is 0 Å². The van der Waals surface area contributed by atoms with E-state index < -0.39 is 10.8 Å². The number of nitrogens with two attached hydrogens (primary N) is 1. The molecule has 1 amide bonds. The average Bonchev–Trinajstić information content (AvgIpc) is 2.16. The molecule has 0 aliphatic carbocycles. The van der Waals surface area contributed by atoms with Gasteiger partial charge in [-0.1, -0.05) is 0 Å². The zero-order valence-electron chi connectivity index (χ0n) is 7.39. The minimum Gasteiger partial charge on any atom is -0.496 e. The van der Waals surface area contributed by atoms with Crippen LogP contribution in [0, 0.1) is 10.1 Å². The fraction of sp³-hybridized carbons (Fsp3) is 0.125. The van der Waals surface area contributed by atoms with Crippen LogP contribution in [0.5, 0.6) is 5.75 Å². The van der Waals surface area contributed by atoms with Crippen molar-refractivity contribution in [1.82, 2.24) is 0 Å². The number of non-ortho nitro benzene ring substituents is 1. The average molecular weight is 196 g/mol. The number of hydrogen-bond donors (Lipinski definition) is 1. The van der Waals surface area contributed by atoms with Gasteiger partial charge in [0.25, 0.3) is 11.6 Å².